The van der Waals surface area contributed by atoms with Crippen molar-refractivity contribution in [1.29, 1.82) is 0 Å². The molecule has 1 aliphatic rings. The van der Waals surface area contributed by atoms with E-state index in [-0.39, 0.29) is 25.0 Å². The summed E-state index contributed by atoms with van der Waals surface area (Å²) in [6.07, 6.45) is 1.26. The van der Waals surface area contributed by atoms with E-state index < -0.39 is 11.9 Å². The minimum absolute atomic E-state index is 0.0770. The van der Waals surface area contributed by atoms with Gasteiger partial charge in [0.25, 0.3) is 0 Å². The van der Waals surface area contributed by atoms with Crippen LogP contribution in [0.15, 0.2) is 28.8 Å². The lowest BCUT2D eigenvalue weighted by atomic mass is 9.99. The van der Waals surface area contributed by atoms with Crippen molar-refractivity contribution < 1.29 is 19.2 Å². The molecule has 0 saturated carbocycles. The fourth-order valence-electron chi connectivity index (χ4n) is 2.67. The van der Waals surface area contributed by atoms with E-state index in [1.807, 2.05) is 0 Å². The van der Waals surface area contributed by atoms with Gasteiger partial charge in [-0.2, -0.15) is 4.98 Å². The maximum Gasteiger partial charge on any atom is 0.317 e. The first-order valence-electron chi connectivity index (χ1n) is 7.87. The van der Waals surface area contributed by atoms with Crippen LogP contribution in [0.2, 0.25) is 5.02 Å². The number of amides is 2. The third-order valence-electron chi connectivity index (χ3n) is 4.02. The number of aromatic nitrogens is 2. The molecule has 0 bridgehead atoms. The number of carboxylic acids is 1. The highest BCUT2D eigenvalue weighted by molar-refractivity contribution is 6.30. The van der Waals surface area contributed by atoms with Crippen LogP contribution in [0.25, 0.3) is 11.4 Å². The fraction of sp³-hybridized carbons (Fsp3) is 0.375. The largest absolute Gasteiger partial charge is 0.481 e. The van der Waals surface area contributed by atoms with E-state index in [2.05, 4.69) is 15.5 Å². The number of likely N-dealkylation sites (tertiary alicyclic amines) is 1. The predicted octanol–water partition coefficient (Wildman–Crippen LogP) is 2.40. The number of carboxylic acid groups (broad SMARTS) is 1. The molecular weight excluding hydrogens is 348 g/mol. The second kappa shape index (κ2) is 7.52. The molecule has 2 heterocycles. The number of carbonyl (C=O) groups is 2. The summed E-state index contributed by atoms with van der Waals surface area (Å²) < 4.78 is 5.12. The Hall–Kier alpha value is -2.61. The first kappa shape index (κ1) is 17.2. The summed E-state index contributed by atoms with van der Waals surface area (Å²) in [5, 5.41) is 16.2. The molecule has 1 aliphatic heterocycles. The van der Waals surface area contributed by atoms with Gasteiger partial charge in [-0.05, 0) is 37.1 Å². The molecule has 3 rings (SSSR count). The molecule has 0 aliphatic carbocycles. The first-order valence-corrected chi connectivity index (χ1v) is 8.25. The molecule has 1 fully saturated rings. The van der Waals surface area contributed by atoms with Gasteiger partial charge >= 0.3 is 12.0 Å². The van der Waals surface area contributed by atoms with Crippen LogP contribution in [-0.4, -0.2) is 45.2 Å². The summed E-state index contributed by atoms with van der Waals surface area (Å²) in [4.78, 5) is 29.0. The number of urea groups is 1. The van der Waals surface area contributed by atoms with Gasteiger partial charge in [0.15, 0.2) is 0 Å². The Kier molecular flexibility index (Phi) is 5.18. The molecule has 1 unspecified atom stereocenters. The minimum Gasteiger partial charge on any atom is -0.481 e. The van der Waals surface area contributed by atoms with Crippen LogP contribution in [0.1, 0.15) is 18.7 Å². The topological polar surface area (TPSA) is 109 Å². The highest BCUT2D eigenvalue weighted by Crippen LogP contribution is 2.19. The summed E-state index contributed by atoms with van der Waals surface area (Å²) >= 11 is 5.84. The van der Waals surface area contributed by atoms with Gasteiger partial charge in [0.2, 0.25) is 11.7 Å². The summed E-state index contributed by atoms with van der Waals surface area (Å²) in [5.41, 5.74) is 0.756. The molecular formula is C16H17ClN4O4. The predicted molar refractivity (Wildman–Crippen MR) is 88.9 cm³/mol. The number of nitrogens with zero attached hydrogens (tertiary/aromatic N) is 3. The third kappa shape index (κ3) is 4.27. The zero-order chi connectivity index (χ0) is 17.8. The highest BCUT2D eigenvalue weighted by Gasteiger charge is 2.28. The average Bonchev–Trinajstić information content (AvgIpc) is 3.09. The van der Waals surface area contributed by atoms with Gasteiger partial charge in [0.05, 0.1) is 12.5 Å². The van der Waals surface area contributed by atoms with Crippen molar-refractivity contribution >= 4 is 23.6 Å². The molecule has 0 radical (unpaired) electrons. The Morgan fingerprint density at radius 2 is 2.12 bits per heavy atom. The maximum atomic E-state index is 12.2. The molecule has 2 N–H and O–H groups in total. The SMILES string of the molecule is O=C(O)C1CCCN(C(=O)NCc2nc(-c3ccc(Cl)cc3)no2)C1. The Labute approximate surface area is 148 Å². The van der Waals surface area contributed by atoms with Gasteiger partial charge in [0, 0.05) is 23.7 Å². The normalized spacial score (nSPS) is 17.3. The van der Waals surface area contributed by atoms with E-state index in [9.17, 15) is 9.59 Å². The smallest absolute Gasteiger partial charge is 0.317 e. The number of rotatable bonds is 4. The Bertz CT molecular complexity index is 762. The van der Waals surface area contributed by atoms with Crippen LogP contribution in [-0.2, 0) is 11.3 Å². The van der Waals surface area contributed by atoms with Crippen molar-refractivity contribution in [1.82, 2.24) is 20.4 Å². The van der Waals surface area contributed by atoms with Crippen LogP contribution in [0.3, 0.4) is 0 Å². The minimum atomic E-state index is -0.873. The molecule has 1 atom stereocenters. The standard InChI is InChI=1S/C16H17ClN4O4/c17-12-5-3-10(4-6-12)14-19-13(25-20-14)8-18-16(24)21-7-1-2-11(9-21)15(22)23/h3-6,11H,1-2,7-9H2,(H,18,24)(H,22,23). The quantitative estimate of drug-likeness (QED) is 0.862. The number of piperidine rings is 1. The second-order valence-corrected chi connectivity index (χ2v) is 6.24. The maximum absolute atomic E-state index is 12.2. The van der Waals surface area contributed by atoms with Crippen LogP contribution in [0.4, 0.5) is 4.79 Å². The van der Waals surface area contributed by atoms with Crippen LogP contribution in [0, 0.1) is 5.92 Å². The van der Waals surface area contributed by atoms with Crippen molar-refractivity contribution in [2.24, 2.45) is 5.92 Å². The number of halogens is 1. The Morgan fingerprint density at radius 3 is 2.84 bits per heavy atom. The monoisotopic (exact) mass is 364 g/mol. The third-order valence-corrected chi connectivity index (χ3v) is 4.27. The molecule has 1 aromatic heterocycles. The van der Waals surface area contributed by atoms with Gasteiger partial charge in [-0.3, -0.25) is 4.79 Å². The lowest BCUT2D eigenvalue weighted by molar-refractivity contribution is -0.143. The molecule has 8 nitrogen and oxygen atoms in total. The van der Waals surface area contributed by atoms with Crippen molar-refractivity contribution in [3.8, 4) is 11.4 Å². The van der Waals surface area contributed by atoms with Gasteiger partial charge < -0.3 is 19.8 Å². The van der Waals surface area contributed by atoms with E-state index >= 15 is 0 Å². The van der Waals surface area contributed by atoms with E-state index in [0.717, 1.165) is 5.56 Å². The van der Waals surface area contributed by atoms with E-state index in [0.29, 0.717) is 30.2 Å². The molecule has 132 valence electrons. The van der Waals surface area contributed by atoms with Crippen LogP contribution < -0.4 is 5.32 Å². The number of hydrogen-bond acceptors (Lipinski definition) is 5. The summed E-state index contributed by atoms with van der Waals surface area (Å²) in [6.45, 7) is 0.824. The lowest BCUT2D eigenvalue weighted by Gasteiger charge is -2.30. The molecule has 2 amide bonds. The lowest BCUT2D eigenvalue weighted by Crippen LogP contribution is -2.46. The number of benzene rings is 1. The zero-order valence-corrected chi connectivity index (χ0v) is 14.1. The first-order chi connectivity index (χ1) is 12.0. The van der Waals surface area contributed by atoms with E-state index in [1.54, 1.807) is 24.3 Å². The molecule has 2 aromatic rings. The van der Waals surface area contributed by atoms with Gasteiger partial charge in [-0.15, -0.1) is 0 Å². The van der Waals surface area contributed by atoms with Crippen molar-refractivity contribution in [3.05, 3.63) is 35.2 Å². The van der Waals surface area contributed by atoms with Crippen molar-refractivity contribution in [2.45, 2.75) is 19.4 Å². The summed E-state index contributed by atoms with van der Waals surface area (Å²) in [6, 6.07) is 6.66. The van der Waals surface area contributed by atoms with Crippen molar-refractivity contribution in [2.75, 3.05) is 13.1 Å². The molecule has 1 saturated heterocycles. The fourth-order valence-corrected chi connectivity index (χ4v) is 2.80. The second-order valence-electron chi connectivity index (χ2n) is 5.80. The molecule has 0 spiro atoms. The number of carbonyl (C=O) groups excluding carboxylic acids is 1. The molecule has 25 heavy (non-hydrogen) atoms. The van der Waals surface area contributed by atoms with Crippen LogP contribution >= 0.6 is 11.6 Å². The zero-order valence-electron chi connectivity index (χ0n) is 13.3. The number of aliphatic carboxylic acids is 1. The van der Waals surface area contributed by atoms with Gasteiger partial charge in [-0.25, -0.2) is 4.79 Å². The number of nitrogens with one attached hydrogen (secondary N) is 1. The Morgan fingerprint density at radius 1 is 1.36 bits per heavy atom. The van der Waals surface area contributed by atoms with Crippen LogP contribution in [0.5, 0.6) is 0 Å². The van der Waals surface area contributed by atoms with E-state index in [4.69, 9.17) is 21.2 Å². The van der Waals surface area contributed by atoms with E-state index in [1.165, 1.54) is 4.90 Å². The molecule has 1 aromatic carbocycles. The highest BCUT2D eigenvalue weighted by atomic mass is 35.5. The molecule has 9 heteroatoms. The Balaban J connectivity index is 1.56. The number of hydrogen-bond donors (Lipinski definition) is 2. The average molecular weight is 365 g/mol. The summed E-state index contributed by atoms with van der Waals surface area (Å²) in [5.74, 6) is -0.712. The van der Waals surface area contributed by atoms with Crippen molar-refractivity contribution in [3.63, 3.8) is 0 Å². The van der Waals surface area contributed by atoms with Gasteiger partial charge in [-0.1, -0.05) is 16.8 Å². The summed E-state index contributed by atoms with van der Waals surface area (Å²) in [7, 11) is 0. The van der Waals surface area contributed by atoms with Gasteiger partial charge in [0.1, 0.15) is 0 Å².